The van der Waals surface area contributed by atoms with Crippen molar-refractivity contribution in [2.24, 2.45) is 5.92 Å². The molecule has 2 amide bonds. The second kappa shape index (κ2) is 8.06. The summed E-state index contributed by atoms with van der Waals surface area (Å²) in [6.07, 6.45) is 2.87. The molecular formula is C17H25N3O3. The van der Waals surface area contributed by atoms with Crippen molar-refractivity contribution in [2.75, 3.05) is 25.0 Å². The van der Waals surface area contributed by atoms with E-state index in [4.69, 9.17) is 4.74 Å². The lowest BCUT2D eigenvalue weighted by atomic mass is 9.96. The SMILES string of the molecule is CCOC(C)C(=O)N1CCCC(C(=O)Nc2ccc(C)cn2)C1. The predicted molar refractivity (Wildman–Crippen MR) is 88.0 cm³/mol. The average molecular weight is 319 g/mol. The number of aryl methyl sites for hydroxylation is 1. The highest BCUT2D eigenvalue weighted by atomic mass is 16.5. The first-order valence-corrected chi connectivity index (χ1v) is 8.15. The first-order chi connectivity index (χ1) is 11.0. The van der Waals surface area contributed by atoms with E-state index >= 15 is 0 Å². The molecule has 2 unspecified atom stereocenters. The van der Waals surface area contributed by atoms with E-state index in [2.05, 4.69) is 10.3 Å². The highest BCUT2D eigenvalue weighted by Gasteiger charge is 2.30. The zero-order valence-corrected chi connectivity index (χ0v) is 14.0. The molecule has 0 radical (unpaired) electrons. The predicted octanol–water partition coefficient (Wildman–Crippen LogP) is 1.99. The van der Waals surface area contributed by atoms with Crippen LogP contribution in [-0.4, -0.2) is 47.5 Å². The largest absolute Gasteiger partial charge is 0.369 e. The van der Waals surface area contributed by atoms with Crippen LogP contribution in [0.4, 0.5) is 5.82 Å². The highest BCUT2D eigenvalue weighted by molar-refractivity contribution is 5.92. The minimum Gasteiger partial charge on any atom is -0.369 e. The Bertz CT molecular complexity index is 545. The summed E-state index contributed by atoms with van der Waals surface area (Å²) in [5.74, 6) is 0.220. The first kappa shape index (κ1) is 17.4. The second-order valence-corrected chi connectivity index (χ2v) is 5.93. The summed E-state index contributed by atoms with van der Waals surface area (Å²) in [7, 11) is 0. The van der Waals surface area contributed by atoms with Crippen molar-refractivity contribution in [3.8, 4) is 0 Å². The van der Waals surface area contributed by atoms with Crippen molar-refractivity contribution in [1.82, 2.24) is 9.88 Å². The van der Waals surface area contributed by atoms with Crippen molar-refractivity contribution in [3.63, 3.8) is 0 Å². The van der Waals surface area contributed by atoms with E-state index in [1.807, 2.05) is 19.9 Å². The van der Waals surface area contributed by atoms with Crippen LogP contribution in [0, 0.1) is 12.8 Å². The number of ether oxygens (including phenoxy) is 1. The zero-order valence-electron chi connectivity index (χ0n) is 14.0. The van der Waals surface area contributed by atoms with Crippen LogP contribution in [0.1, 0.15) is 32.3 Å². The number of likely N-dealkylation sites (tertiary alicyclic amines) is 1. The molecule has 6 nitrogen and oxygen atoms in total. The van der Waals surface area contributed by atoms with E-state index in [1.165, 1.54) is 0 Å². The summed E-state index contributed by atoms with van der Waals surface area (Å²) < 4.78 is 5.36. The van der Waals surface area contributed by atoms with E-state index in [0.29, 0.717) is 25.5 Å². The summed E-state index contributed by atoms with van der Waals surface area (Å²) in [6.45, 7) is 7.19. The number of piperidine rings is 1. The topological polar surface area (TPSA) is 71.5 Å². The van der Waals surface area contributed by atoms with Crippen LogP contribution in [0.5, 0.6) is 0 Å². The maximum Gasteiger partial charge on any atom is 0.251 e. The molecule has 1 aliphatic rings. The van der Waals surface area contributed by atoms with E-state index < -0.39 is 6.10 Å². The highest BCUT2D eigenvalue weighted by Crippen LogP contribution is 2.19. The molecule has 1 aliphatic heterocycles. The van der Waals surface area contributed by atoms with Crippen LogP contribution in [0.2, 0.25) is 0 Å². The van der Waals surface area contributed by atoms with Gasteiger partial charge in [-0.15, -0.1) is 0 Å². The molecule has 2 heterocycles. The molecule has 1 saturated heterocycles. The number of rotatable bonds is 5. The quantitative estimate of drug-likeness (QED) is 0.901. The lowest BCUT2D eigenvalue weighted by Crippen LogP contribution is -2.47. The van der Waals surface area contributed by atoms with E-state index in [-0.39, 0.29) is 17.7 Å². The number of hydrogen-bond donors (Lipinski definition) is 1. The smallest absolute Gasteiger partial charge is 0.251 e. The lowest BCUT2D eigenvalue weighted by molar-refractivity contribution is -0.145. The van der Waals surface area contributed by atoms with Gasteiger partial charge >= 0.3 is 0 Å². The number of anilines is 1. The number of nitrogens with zero attached hydrogens (tertiary/aromatic N) is 2. The lowest BCUT2D eigenvalue weighted by Gasteiger charge is -2.33. The zero-order chi connectivity index (χ0) is 16.8. The van der Waals surface area contributed by atoms with Gasteiger partial charge in [-0.05, 0) is 45.2 Å². The summed E-state index contributed by atoms with van der Waals surface area (Å²) in [5, 5.41) is 2.83. The third-order valence-corrected chi connectivity index (χ3v) is 4.03. The number of carbonyl (C=O) groups excluding carboxylic acids is 2. The Morgan fingerprint density at radius 1 is 1.48 bits per heavy atom. The molecule has 0 saturated carbocycles. The Morgan fingerprint density at radius 3 is 2.91 bits per heavy atom. The molecule has 0 aromatic carbocycles. The van der Waals surface area contributed by atoms with Crippen LogP contribution in [0.15, 0.2) is 18.3 Å². The number of amides is 2. The fourth-order valence-corrected chi connectivity index (χ4v) is 2.74. The Labute approximate surface area is 137 Å². The number of hydrogen-bond acceptors (Lipinski definition) is 4. The molecule has 0 bridgehead atoms. The van der Waals surface area contributed by atoms with Crippen LogP contribution >= 0.6 is 0 Å². The van der Waals surface area contributed by atoms with Gasteiger partial charge < -0.3 is 15.0 Å². The number of pyridine rings is 1. The minimum atomic E-state index is -0.458. The summed E-state index contributed by atoms with van der Waals surface area (Å²) in [6, 6.07) is 3.69. The maximum absolute atomic E-state index is 12.4. The van der Waals surface area contributed by atoms with Crippen LogP contribution in [0.3, 0.4) is 0 Å². The van der Waals surface area contributed by atoms with Gasteiger partial charge in [0.2, 0.25) is 5.91 Å². The van der Waals surface area contributed by atoms with Gasteiger partial charge in [-0.25, -0.2) is 4.98 Å². The van der Waals surface area contributed by atoms with Crippen molar-refractivity contribution in [3.05, 3.63) is 23.9 Å². The third kappa shape index (κ3) is 4.76. The number of nitrogens with one attached hydrogen (secondary N) is 1. The van der Waals surface area contributed by atoms with Gasteiger partial charge in [0, 0.05) is 25.9 Å². The number of carbonyl (C=O) groups is 2. The summed E-state index contributed by atoms with van der Waals surface area (Å²) >= 11 is 0. The molecule has 126 valence electrons. The van der Waals surface area contributed by atoms with Crippen molar-refractivity contribution in [2.45, 2.75) is 39.7 Å². The molecule has 23 heavy (non-hydrogen) atoms. The van der Waals surface area contributed by atoms with Crippen LogP contribution in [-0.2, 0) is 14.3 Å². The summed E-state index contributed by atoms with van der Waals surface area (Å²) in [5.41, 5.74) is 1.04. The molecule has 1 aromatic rings. The average Bonchev–Trinajstić information content (AvgIpc) is 2.56. The van der Waals surface area contributed by atoms with Gasteiger partial charge in [0.15, 0.2) is 0 Å². The van der Waals surface area contributed by atoms with Gasteiger partial charge in [0.05, 0.1) is 5.92 Å². The summed E-state index contributed by atoms with van der Waals surface area (Å²) in [4.78, 5) is 30.6. The molecule has 1 fully saturated rings. The molecule has 6 heteroatoms. The monoisotopic (exact) mass is 319 g/mol. The van der Waals surface area contributed by atoms with E-state index in [0.717, 1.165) is 18.4 Å². The number of aromatic nitrogens is 1. The minimum absolute atomic E-state index is 0.0437. The normalized spacial score (nSPS) is 19.3. The molecule has 0 spiro atoms. The molecule has 2 rings (SSSR count). The molecular weight excluding hydrogens is 294 g/mol. The Morgan fingerprint density at radius 2 is 2.26 bits per heavy atom. The molecule has 1 N–H and O–H groups in total. The fourth-order valence-electron chi connectivity index (χ4n) is 2.74. The van der Waals surface area contributed by atoms with Gasteiger partial charge in [0.1, 0.15) is 11.9 Å². The Kier molecular flexibility index (Phi) is 6.10. The third-order valence-electron chi connectivity index (χ3n) is 4.03. The van der Waals surface area contributed by atoms with Crippen molar-refractivity contribution >= 4 is 17.6 Å². The Balaban J connectivity index is 1.93. The standard InChI is InChI=1S/C17H25N3O3/c1-4-23-13(3)17(22)20-9-5-6-14(11-20)16(21)19-15-8-7-12(2)10-18-15/h7-8,10,13-14H,4-6,9,11H2,1-3H3,(H,18,19,21). The van der Waals surface area contributed by atoms with E-state index in [1.54, 1.807) is 24.1 Å². The first-order valence-electron chi connectivity index (χ1n) is 8.15. The molecule has 0 aliphatic carbocycles. The Hall–Kier alpha value is -1.95. The second-order valence-electron chi connectivity index (χ2n) is 5.93. The van der Waals surface area contributed by atoms with E-state index in [9.17, 15) is 9.59 Å². The maximum atomic E-state index is 12.4. The van der Waals surface area contributed by atoms with Crippen LogP contribution < -0.4 is 5.32 Å². The molecule has 1 aromatic heterocycles. The molecule has 2 atom stereocenters. The fraction of sp³-hybridized carbons (Fsp3) is 0.588. The van der Waals surface area contributed by atoms with Crippen LogP contribution in [0.25, 0.3) is 0 Å². The van der Waals surface area contributed by atoms with Gasteiger partial charge in [0.25, 0.3) is 5.91 Å². The van der Waals surface area contributed by atoms with Gasteiger partial charge in [-0.3, -0.25) is 9.59 Å². The van der Waals surface area contributed by atoms with Crippen molar-refractivity contribution < 1.29 is 14.3 Å². The van der Waals surface area contributed by atoms with Gasteiger partial charge in [-0.2, -0.15) is 0 Å². The van der Waals surface area contributed by atoms with Gasteiger partial charge in [-0.1, -0.05) is 6.07 Å². The van der Waals surface area contributed by atoms with Crippen molar-refractivity contribution in [1.29, 1.82) is 0 Å².